The van der Waals surface area contributed by atoms with Gasteiger partial charge in [0.15, 0.2) is 0 Å². The van der Waals surface area contributed by atoms with Crippen LogP contribution in [0.25, 0.3) is 0 Å². The lowest BCUT2D eigenvalue weighted by Crippen LogP contribution is -2.42. The number of benzene rings is 2. The highest BCUT2D eigenvalue weighted by atomic mass is 35.5. The van der Waals surface area contributed by atoms with Gasteiger partial charge in [-0.2, -0.15) is 13.2 Å². The number of carbonyl (C=O) groups excluding carboxylic acids is 1. The van der Waals surface area contributed by atoms with Crippen LogP contribution in [0, 0.1) is 0 Å². The Morgan fingerprint density at radius 3 is 2.47 bits per heavy atom. The van der Waals surface area contributed by atoms with E-state index in [-0.39, 0.29) is 30.1 Å². The van der Waals surface area contributed by atoms with Gasteiger partial charge >= 0.3 is 6.18 Å². The molecule has 8 heteroatoms. The largest absolute Gasteiger partial charge is 0.416 e. The van der Waals surface area contributed by atoms with Crippen molar-refractivity contribution in [3.05, 3.63) is 70.2 Å². The van der Waals surface area contributed by atoms with Crippen LogP contribution in [0.5, 0.6) is 0 Å². The predicted octanol–water partition coefficient (Wildman–Crippen LogP) is 4.23. The minimum absolute atomic E-state index is 0.0791. The lowest BCUT2D eigenvalue weighted by Gasteiger charge is -2.23. The maximum absolute atomic E-state index is 13.2. The van der Waals surface area contributed by atoms with Crippen molar-refractivity contribution in [2.45, 2.75) is 44.7 Å². The van der Waals surface area contributed by atoms with Gasteiger partial charge in [-0.1, -0.05) is 48.0 Å². The first-order chi connectivity index (χ1) is 14.3. The summed E-state index contributed by atoms with van der Waals surface area (Å²) in [7, 11) is 0. The van der Waals surface area contributed by atoms with E-state index in [9.17, 15) is 18.0 Å². The molecule has 1 aliphatic heterocycles. The molecule has 30 heavy (non-hydrogen) atoms. The summed E-state index contributed by atoms with van der Waals surface area (Å²) < 4.78 is 39.7. The second-order valence-corrected chi connectivity index (χ2v) is 7.81. The molecule has 162 valence electrons. The molecule has 0 aromatic heterocycles. The molecule has 1 heterocycles. The molecule has 1 fully saturated rings. The van der Waals surface area contributed by atoms with Gasteiger partial charge < -0.3 is 10.6 Å². The minimum Gasteiger partial charge on any atom is -0.355 e. The number of alkyl halides is 3. The number of nitrogens with one attached hydrogen (secondary N) is 2. The van der Waals surface area contributed by atoms with Crippen molar-refractivity contribution < 1.29 is 18.0 Å². The van der Waals surface area contributed by atoms with E-state index in [0.29, 0.717) is 31.1 Å². The number of likely N-dealkylation sites (N-methyl/N-ethyl adjacent to an activating group) is 1. The first-order valence-corrected chi connectivity index (χ1v) is 10.3. The monoisotopic (exact) mass is 439 g/mol. The maximum atomic E-state index is 13.2. The topological polar surface area (TPSA) is 44.4 Å². The number of hydrogen-bond donors (Lipinski definition) is 2. The highest BCUT2D eigenvalue weighted by Crippen LogP contribution is 2.32. The summed E-state index contributed by atoms with van der Waals surface area (Å²) in [5.74, 6) is -0.0791. The van der Waals surface area contributed by atoms with Gasteiger partial charge in [0.1, 0.15) is 0 Å². The Bertz CT molecular complexity index is 875. The molecule has 1 saturated heterocycles. The smallest absolute Gasteiger partial charge is 0.355 e. The summed E-state index contributed by atoms with van der Waals surface area (Å²) >= 11 is 6.28. The predicted molar refractivity (Wildman–Crippen MR) is 111 cm³/mol. The van der Waals surface area contributed by atoms with Crippen molar-refractivity contribution in [1.82, 2.24) is 15.5 Å². The summed E-state index contributed by atoms with van der Waals surface area (Å²) in [5.41, 5.74) is 0.476. The van der Waals surface area contributed by atoms with Crippen LogP contribution in [-0.2, 0) is 24.1 Å². The Balaban J connectivity index is 1.71. The van der Waals surface area contributed by atoms with Gasteiger partial charge in [-0.3, -0.25) is 9.69 Å². The molecule has 4 nitrogen and oxygen atoms in total. The van der Waals surface area contributed by atoms with Gasteiger partial charge in [-0.25, -0.2) is 0 Å². The SMILES string of the molecule is CCNC(=O)[C@@H]1C[C@@H](NCc2ccccc2C(F)(F)F)CN1Cc1ccccc1Cl. The lowest BCUT2D eigenvalue weighted by molar-refractivity contribution is -0.138. The van der Waals surface area contributed by atoms with Crippen LogP contribution in [0.3, 0.4) is 0 Å². The fraction of sp³-hybridized carbons (Fsp3) is 0.409. The molecule has 1 aliphatic rings. The standard InChI is InChI=1S/C22H25ClF3N3O/c1-2-27-21(30)20-11-17(14-29(20)13-16-8-4-6-10-19(16)23)28-12-15-7-3-5-9-18(15)22(24,25)26/h3-10,17,20,28H,2,11-14H2,1H3,(H,27,30)/t17-,20+/m1/s1. The molecule has 1 amide bonds. The third-order valence-corrected chi connectivity index (χ3v) is 5.66. The molecule has 2 N–H and O–H groups in total. The Kier molecular flexibility index (Phi) is 7.39. The maximum Gasteiger partial charge on any atom is 0.416 e. The first-order valence-electron chi connectivity index (χ1n) is 9.93. The van der Waals surface area contributed by atoms with Gasteiger partial charge in [0, 0.05) is 37.2 Å². The Morgan fingerprint density at radius 2 is 1.80 bits per heavy atom. The van der Waals surface area contributed by atoms with Crippen LogP contribution < -0.4 is 10.6 Å². The first kappa shape index (κ1) is 22.6. The van der Waals surface area contributed by atoms with E-state index in [2.05, 4.69) is 10.6 Å². The number of amides is 1. The van der Waals surface area contributed by atoms with Crippen LogP contribution >= 0.6 is 11.6 Å². The van der Waals surface area contributed by atoms with Gasteiger partial charge in [0.2, 0.25) is 5.91 Å². The van der Waals surface area contributed by atoms with Gasteiger partial charge in [0.05, 0.1) is 11.6 Å². The number of nitrogens with zero attached hydrogens (tertiary/aromatic N) is 1. The summed E-state index contributed by atoms with van der Waals surface area (Å²) in [4.78, 5) is 14.6. The second kappa shape index (κ2) is 9.81. The van der Waals surface area contributed by atoms with Crippen molar-refractivity contribution in [3.8, 4) is 0 Å². The van der Waals surface area contributed by atoms with Crippen LogP contribution in [0.4, 0.5) is 13.2 Å². The zero-order valence-corrected chi connectivity index (χ0v) is 17.4. The minimum atomic E-state index is -4.40. The van der Waals surface area contributed by atoms with Gasteiger partial charge in [-0.15, -0.1) is 0 Å². The van der Waals surface area contributed by atoms with Crippen molar-refractivity contribution >= 4 is 17.5 Å². The average Bonchev–Trinajstić information content (AvgIpc) is 3.11. The molecule has 0 saturated carbocycles. The summed E-state index contributed by atoms with van der Waals surface area (Å²) in [6.07, 6.45) is -3.88. The van der Waals surface area contributed by atoms with Crippen molar-refractivity contribution in [1.29, 1.82) is 0 Å². The fourth-order valence-corrected chi connectivity index (χ4v) is 4.04. The highest BCUT2D eigenvalue weighted by molar-refractivity contribution is 6.31. The summed E-state index contributed by atoms with van der Waals surface area (Å²) in [6, 6.07) is 12.5. The highest BCUT2D eigenvalue weighted by Gasteiger charge is 2.37. The van der Waals surface area contributed by atoms with Gasteiger partial charge in [-0.05, 0) is 36.6 Å². The normalized spacial score (nSPS) is 19.8. The van der Waals surface area contributed by atoms with Crippen LogP contribution in [0.15, 0.2) is 48.5 Å². The van der Waals surface area contributed by atoms with Crippen LogP contribution in [0.1, 0.15) is 30.0 Å². The lowest BCUT2D eigenvalue weighted by atomic mass is 10.1. The number of carbonyl (C=O) groups is 1. The Labute approximate surface area is 179 Å². The molecule has 0 unspecified atom stereocenters. The molecular formula is C22H25ClF3N3O. The van der Waals surface area contributed by atoms with Crippen molar-refractivity contribution in [2.75, 3.05) is 13.1 Å². The zero-order valence-electron chi connectivity index (χ0n) is 16.7. The molecule has 0 aliphatic carbocycles. The zero-order chi connectivity index (χ0) is 21.7. The van der Waals surface area contributed by atoms with Crippen molar-refractivity contribution in [3.63, 3.8) is 0 Å². The summed E-state index contributed by atoms with van der Waals surface area (Å²) in [6.45, 7) is 3.50. The van der Waals surface area contributed by atoms with E-state index < -0.39 is 11.7 Å². The number of rotatable bonds is 7. The molecule has 2 aromatic rings. The van der Waals surface area contributed by atoms with E-state index >= 15 is 0 Å². The number of halogens is 4. The van der Waals surface area contributed by atoms with E-state index in [4.69, 9.17) is 11.6 Å². The number of likely N-dealkylation sites (tertiary alicyclic amines) is 1. The summed E-state index contributed by atoms with van der Waals surface area (Å²) in [5, 5.41) is 6.69. The third-order valence-electron chi connectivity index (χ3n) is 5.29. The molecule has 0 bridgehead atoms. The average molecular weight is 440 g/mol. The van der Waals surface area contributed by atoms with E-state index in [1.807, 2.05) is 30.0 Å². The molecule has 3 rings (SSSR count). The quantitative estimate of drug-likeness (QED) is 0.678. The molecule has 0 radical (unpaired) electrons. The van der Waals surface area contributed by atoms with E-state index in [1.165, 1.54) is 12.1 Å². The Morgan fingerprint density at radius 1 is 1.13 bits per heavy atom. The second-order valence-electron chi connectivity index (χ2n) is 7.40. The van der Waals surface area contributed by atoms with Gasteiger partial charge in [0.25, 0.3) is 0 Å². The van der Waals surface area contributed by atoms with Crippen molar-refractivity contribution in [2.24, 2.45) is 0 Å². The van der Waals surface area contributed by atoms with Crippen LogP contribution in [0.2, 0.25) is 5.02 Å². The fourth-order valence-electron chi connectivity index (χ4n) is 3.84. The molecule has 0 spiro atoms. The number of hydrogen-bond acceptors (Lipinski definition) is 3. The Hall–Kier alpha value is -2.09. The molecular weight excluding hydrogens is 415 g/mol. The van der Waals surface area contributed by atoms with E-state index in [0.717, 1.165) is 11.6 Å². The van der Waals surface area contributed by atoms with E-state index in [1.54, 1.807) is 12.1 Å². The molecule has 2 aromatic carbocycles. The van der Waals surface area contributed by atoms with Crippen LogP contribution in [-0.4, -0.2) is 36.0 Å². The molecule has 2 atom stereocenters. The third kappa shape index (κ3) is 5.53.